The van der Waals surface area contributed by atoms with Crippen LogP contribution in [-0.2, 0) is 4.79 Å². The average molecular weight is 173 g/mol. The summed E-state index contributed by atoms with van der Waals surface area (Å²) in [7, 11) is 0. The van der Waals surface area contributed by atoms with E-state index in [0.29, 0.717) is 0 Å². The minimum absolute atomic E-state index is 0.168. The summed E-state index contributed by atoms with van der Waals surface area (Å²) in [5.41, 5.74) is 1.00. The van der Waals surface area contributed by atoms with Crippen molar-refractivity contribution in [1.29, 1.82) is 0 Å². The molecule has 0 heterocycles. The Morgan fingerprint density at radius 3 is 2.62 bits per heavy atom. The summed E-state index contributed by atoms with van der Waals surface area (Å²) in [5, 5.41) is 2.45. The highest BCUT2D eigenvalue weighted by Crippen LogP contribution is 2.00. The van der Waals surface area contributed by atoms with Crippen molar-refractivity contribution in [2.24, 2.45) is 0 Å². The van der Waals surface area contributed by atoms with E-state index in [2.05, 4.69) is 11.9 Å². The highest BCUT2D eigenvalue weighted by molar-refractivity contribution is 5.92. The quantitative estimate of drug-likeness (QED) is 0.695. The Morgan fingerprint density at radius 1 is 1.31 bits per heavy atom. The maximum atomic E-state index is 10.9. The van der Waals surface area contributed by atoms with Crippen molar-refractivity contribution in [2.45, 2.75) is 0 Å². The van der Waals surface area contributed by atoms with E-state index in [1.54, 1.807) is 6.08 Å². The van der Waals surface area contributed by atoms with Crippen LogP contribution < -0.4 is 5.32 Å². The molecule has 66 valence electrons. The predicted octanol–water partition coefficient (Wildman–Crippen LogP) is 1.96. The first-order chi connectivity index (χ1) is 6.33. The van der Waals surface area contributed by atoms with Crippen LogP contribution in [0, 0.1) is 0 Å². The second-order valence-electron chi connectivity index (χ2n) is 2.46. The Balaban J connectivity index is 2.58. The van der Waals surface area contributed by atoms with Gasteiger partial charge in [0, 0.05) is 6.08 Å². The molecule has 0 aromatic heterocycles. The molecule has 13 heavy (non-hydrogen) atoms. The van der Waals surface area contributed by atoms with Crippen molar-refractivity contribution in [3.8, 4) is 0 Å². The summed E-state index contributed by atoms with van der Waals surface area (Å²) in [6.45, 7) is 3.39. The van der Waals surface area contributed by atoms with Crippen molar-refractivity contribution in [1.82, 2.24) is 5.32 Å². The van der Waals surface area contributed by atoms with Gasteiger partial charge in [0.1, 0.15) is 0 Å². The molecule has 0 aliphatic heterocycles. The molecule has 2 heteroatoms. The van der Waals surface area contributed by atoms with Gasteiger partial charge in [-0.25, -0.2) is 0 Å². The third-order valence-corrected chi connectivity index (χ3v) is 1.47. The van der Waals surface area contributed by atoms with Crippen LogP contribution in [0.3, 0.4) is 0 Å². The van der Waals surface area contributed by atoms with Gasteiger partial charge in [-0.2, -0.15) is 0 Å². The lowest BCUT2D eigenvalue weighted by molar-refractivity contribution is -0.115. The molecule has 0 fully saturated rings. The molecule has 0 radical (unpaired) electrons. The summed E-state index contributed by atoms with van der Waals surface area (Å²) < 4.78 is 0. The topological polar surface area (TPSA) is 29.1 Å². The van der Waals surface area contributed by atoms with E-state index in [4.69, 9.17) is 0 Å². The fraction of sp³-hybridized carbons (Fsp3) is 0. The van der Waals surface area contributed by atoms with Gasteiger partial charge in [0.15, 0.2) is 0 Å². The van der Waals surface area contributed by atoms with Crippen molar-refractivity contribution >= 4 is 12.0 Å². The first-order valence-corrected chi connectivity index (χ1v) is 3.97. The van der Waals surface area contributed by atoms with Crippen molar-refractivity contribution < 1.29 is 4.79 Å². The number of benzene rings is 1. The lowest BCUT2D eigenvalue weighted by atomic mass is 10.2. The van der Waals surface area contributed by atoms with Crippen LogP contribution in [0.15, 0.2) is 49.2 Å². The first-order valence-electron chi connectivity index (χ1n) is 3.97. The molecule has 0 unspecified atom stereocenters. The molecular formula is C11H11NO. The van der Waals surface area contributed by atoms with Crippen molar-refractivity contribution in [3.05, 3.63) is 54.8 Å². The van der Waals surface area contributed by atoms with Gasteiger partial charge in [-0.15, -0.1) is 0 Å². The smallest absolute Gasteiger partial charge is 0.247 e. The maximum absolute atomic E-state index is 10.9. The van der Waals surface area contributed by atoms with E-state index >= 15 is 0 Å². The Bertz CT molecular complexity index is 314. The second kappa shape index (κ2) is 4.93. The average Bonchev–Trinajstić information content (AvgIpc) is 2.17. The predicted molar refractivity (Wildman–Crippen MR) is 53.8 cm³/mol. The fourth-order valence-electron chi connectivity index (χ4n) is 0.885. The molecule has 0 saturated carbocycles. The Kier molecular flexibility index (Phi) is 3.51. The van der Waals surface area contributed by atoms with Gasteiger partial charge in [-0.3, -0.25) is 4.79 Å². The van der Waals surface area contributed by atoms with Crippen molar-refractivity contribution in [3.63, 3.8) is 0 Å². The van der Waals surface area contributed by atoms with Crippen LogP contribution in [-0.4, -0.2) is 5.91 Å². The fourth-order valence-corrected chi connectivity index (χ4v) is 0.885. The highest BCUT2D eigenvalue weighted by atomic mass is 16.1. The number of nitrogens with one attached hydrogen (secondary N) is 1. The van der Waals surface area contributed by atoms with Gasteiger partial charge < -0.3 is 5.32 Å². The van der Waals surface area contributed by atoms with Gasteiger partial charge in [0.25, 0.3) is 0 Å². The Hall–Kier alpha value is -1.83. The molecule has 0 atom stereocenters. The molecule has 2 nitrogen and oxygen atoms in total. The molecule has 0 spiro atoms. The zero-order valence-electron chi connectivity index (χ0n) is 7.23. The molecule has 0 aliphatic carbocycles. The lowest BCUT2D eigenvalue weighted by Gasteiger charge is -1.92. The number of hydrogen-bond donors (Lipinski definition) is 1. The minimum Gasteiger partial charge on any atom is -0.330 e. The van der Waals surface area contributed by atoms with E-state index in [1.807, 2.05) is 30.3 Å². The lowest BCUT2D eigenvalue weighted by Crippen LogP contribution is -2.12. The van der Waals surface area contributed by atoms with Gasteiger partial charge in [-0.05, 0) is 17.8 Å². The largest absolute Gasteiger partial charge is 0.330 e. The number of rotatable bonds is 3. The minimum atomic E-state index is -0.168. The standard InChI is InChI=1S/C11H11NO/c1-2-12-11(13)9-8-10-6-4-3-5-7-10/h2-9H,1H2,(H,12,13). The molecular weight excluding hydrogens is 162 g/mol. The van der Waals surface area contributed by atoms with Crippen LogP contribution in [0.4, 0.5) is 0 Å². The van der Waals surface area contributed by atoms with E-state index in [1.165, 1.54) is 12.3 Å². The van der Waals surface area contributed by atoms with Crippen LogP contribution >= 0.6 is 0 Å². The zero-order chi connectivity index (χ0) is 9.52. The summed E-state index contributed by atoms with van der Waals surface area (Å²) in [6, 6.07) is 9.63. The third kappa shape index (κ3) is 3.38. The normalized spacial score (nSPS) is 9.85. The second-order valence-corrected chi connectivity index (χ2v) is 2.46. The van der Waals surface area contributed by atoms with Crippen LogP contribution in [0.1, 0.15) is 5.56 Å². The van der Waals surface area contributed by atoms with Crippen molar-refractivity contribution in [2.75, 3.05) is 0 Å². The van der Waals surface area contributed by atoms with Crippen LogP contribution in [0.25, 0.3) is 6.08 Å². The highest BCUT2D eigenvalue weighted by Gasteiger charge is 1.88. The van der Waals surface area contributed by atoms with E-state index in [0.717, 1.165) is 5.56 Å². The first kappa shape index (κ1) is 9.26. The molecule has 0 aliphatic rings. The Labute approximate surface area is 77.6 Å². The third-order valence-electron chi connectivity index (χ3n) is 1.47. The molecule has 1 aromatic carbocycles. The Morgan fingerprint density at radius 2 is 2.00 bits per heavy atom. The summed E-state index contributed by atoms with van der Waals surface area (Å²) in [6.07, 6.45) is 4.58. The van der Waals surface area contributed by atoms with E-state index in [9.17, 15) is 4.79 Å². The number of hydrogen-bond acceptors (Lipinski definition) is 1. The summed E-state index contributed by atoms with van der Waals surface area (Å²) >= 11 is 0. The summed E-state index contributed by atoms with van der Waals surface area (Å²) in [5.74, 6) is -0.168. The van der Waals surface area contributed by atoms with Gasteiger partial charge in [-0.1, -0.05) is 36.9 Å². The van der Waals surface area contributed by atoms with Crippen LogP contribution in [0.5, 0.6) is 0 Å². The number of carbonyl (C=O) groups is 1. The summed E-state index contributed by atoms with van der Waals surface area (Å²) in [4.78, 5) is 10.9. The molecule has 1 N–H and O–H groups in total. The maximum Gasteiger partial charge on any atom is 0.247 e. The monoisotopic (exact) mass is 173 g/mol. The van der Waals surface area contributed by atoms with Gasteiger partial charge >= 0.3 is 0 Å². The van der Waals surface area contributed by atoms with E-state index < -0.39 is 0 Å². The molecule has 0 bridgehead atoms. The SMILES string of the molecule is C=CNC(=O)C=Cc1ccccc1. The van der Waals surface area contributed by atoms with Gasteiger partial charge in [0.2, 0.25) is 5.91 Å². The number of carbonyl (C=O) groups excluding carboxylic acids is 1. The number of amides is 1. The molecule has 1 aromatic rings. The van der Waals surface area contributed by atoms with E-state index in [-0.39, 0.29) is 5.91 Å². The molecule has 0 saturated heterocycles. The van der Waals surface area contributed by atoms with Gasteiger partial charge in [0.05, 0.1) is 0 Å². The zero-order valence-corrected chi connectivity index (χ0v) is 7.23. The van der Waals surface area contributed by atoms with Crippen LogP contribution in [0.2, 0.25) is 0 Å². The molecule has 1 amide bonds. The molecule has 1 rings (SSSR count).